The average molecular weight is 262 g/mol. The molecule has 0 saturated carbocycles. The van der Waals surface area contributed by atoms with E-state index in [0.29, 0.717) is 0 Å². The zero-order chi connectivity index (χ0) is 14.6. The van der Waals surface area contributed by atoms with Crippen LogP contribution in [0, 0.1) is 11.3 Å². The second-order valence-electron chi connectivity index (χ2n) is 5.93. The summed E-state index contributed by atoms with van der Waals surface area (Å²) in [4.78, 5) is 23.3. The Labute approximate surface area is 114 Å². The summed E-state index contributed by atoms with van der Waals surface area (Å²) < 4.78 is 0. The maximum Gasteiger partial charge on any atom is 0.229 e. The summed E-state index contributed by atoms with van der Waals surface area (Å²) in [6.45, 7) is 9.26. The van der Waals surface area contributed by atoms with Crippen LogP contribution in [0.25, 0.3) is 0 Å². The number of amides is 2. The van der Waals surface area contributed by atoms with Crippen molar-refractivity contribution >= 4 is 23.2 Å². The Balaban J connectivity index is 2.67. The predicted molar refractivity (Wildman–Crippen MR) is 78.0 cm³/mol. The number of nitrogens with one attached hydrogen (secondary N) is 2. The molecule has 0 aromatic heterocycles. The summed E-state index contributed by atoms with van der Waals surface area (Å²) in [5, 5.41) is 5.63. The number of anilines is 2. The Kier molecular flexibility index (Phi) is 4.70. The number of hydrogen-bond donors (Lipinski definition) is 2. The fourth-order valence-corrected chi connectivity index (χ4v) is 1.24. The molecule has 0 atom stereocenters. The van der Waals surface area contributed by atoms with Crippen LogP contribution in [0.5, 0.6) is 0 Å². The molecule has 0 bridgehead atoms. The summed E-state index contributed by atoms with van der Waals surface area (Å²) in [7, 11) is 0. The van der Waals surface area contributed by atoms with E-state index in [4.69, 9.17) is 0 Å². The Bertz CT molecular complexity index is 456. The average Bonchev–Trinajstić information content (AvgIpc) is 2.30. The van der Waals surface area contributed by atoms with Crippen LogP contribution in [0.15, 0.2) is 24.3 Å². The van der Waals surface area contributed by atoms with Crippen LogP contribution in [0.3, 0.4) is 0 Å². The molecular formula is C15H22N2O2. The maximum atomic E-state index is 11.8. The largest absolute Gasteiger partial charge is 0.326 e. The molecule has 2 amide bonds. The molecule has 1 aromatic carbocycles. The molecule has 0 saturated heterocycles. The standard InChI is InChI=1S/C15H22N2O2/c1-10(2)13(18)16-11-6-8-12(9-7-11)17-14(19)15(3,4)5/h6-10H,1-5H3,(H,16,18)(H,17,19). The van der Waals surface area contributed by atoms with Crippen molar-refractivity contribution in [2.24, 2.45) is 11.3 Å². The molecular weight excluding hydrogens is 240 g/mol. The Morgan fingerprint density at radius 3 is 1.74 bits per heavy atom. The summed E-state index contributed by atoms with van der Waals surface area (Å²) in [5.41, 5.74) is 1.03. The van der Waals surface area contributed by atoms with E-state index in [1.54, 1.807) is 24.3 Å². The molecule has 2 N–H and O–H groups in total. The first-order valence-electron chi connectivity index (χ1n) is 6.42. The van der Waals surface area contributed by atoms with E-state index in [1.165, 1.54) is 0 Å². The number of benzene rings is 1. The molecule has 19 heavy (non-hydrogen) atoms. The van der Waals surface area contributed by atoms with E-state index in [0.717, 1.165) is 11.4 Å². The lowest BCUT2D eigenvalue weighted by Gasteiger charge is -2.17. The van der Waals surface area contributed by atoms with Crippen molar-refractivity contribution in [2.45, 2.75) is 34.6 Å². The highest BCUT2D eigenvalue weighted by atomic mass is 16.2. The van der Waals surface area contributed by atoms with Crippen molar-refractivity contribution in [1.29, 1.82) is 0 Å². The van der Waals surface area contributed by atoms with Gasteiger partial charge in [0.05, 0.1) is 0 Å². The molecule has 0 aliphatic carbocycles. The number of hydrogen-bond acceptors (Lipinski definition) is 2. The van der Waals surface area contributed by atoms with Gasteiger partial charge in [-0.3, -0.25) is 9.59 Å². The van der Waals surface area contributed by atoms with E-state index in [9.17, 15) is 9.59 Å². The molecule has 0 radical (unpaired) electrons. The van der Waals surface area contributed by atoms with Crippen LogP contribution in [0.1, 0.15) is 34.6 Å². The third kappa shape index (κ3) is 4.73. The van der Waals surface area contributed by atoms with Gasteiger partial charge in [-0.25, -0.2) is 0 Å². The van der Waals surface area contributed by atoms with E-state index >= 15 is 0 Å². The van der Waals surface area contributed by atoms with Gasteiger partial charge in [-0.1, -0.05) is 34.6 Å². The normalized spacial score (nSPS) is 11.3. The van der Waals surface area contributed by atoms with Crippen LogP contribution >= 0.6 is 0 Å². The van der Waals surface area contributed by atoms with Crippen molar-refractivity contribution in [1.82, 2.24) is 0 Å². The SMILES string of the molecule is CC(C)C(=O)Nc1ccc(NC(=O)C(C)(C)C)cc1. The van der Waals surface area contributed by atoms with Gasteiger partial charge in [0.2, 0.25) is 11.8 Å². The molecule has 0 unspecified atom stereocenters. The highest BCUT2D eigenvalue weighted by Gasteiger charge is 2.21. The molecule has 0 aliphatic rings. The van der Waals surface area contributed by atoms with Crippen LogP contribution in [0.2, 0.25) is 0 Å². The first kappa shape index (κ1) is 15.2. The van der Waals surface area contributed by atoms with E-state index in [2.05, 4.69) is 10.6 Å². The van der Waals surface area contributed by atoms with Gasteiger partial charge in [0.15, 0.2) is 0 Å². The van der Waals surface area contributed by atoms with Gasteiger partial charge >= 0.3 is 0 Å². The summed E-state index contributed by atoms with van der Waals surface area (Å²) in [6, 6.07) is 7.11. The molecule has 0 spiro atoms. The number of carbonyl (C=O) groups excluding carboxylic acids is 2. The van der Waals surface area contributed by atoms with Crippen molar-refractivity contribution < 1.29 is 9.59 Å². The number of rotatable bonds is 3. The second kappa shape index (κ2) is 5.87. The fraction of sp³-hybridized carbons (Fsp3) is 0.467. The highest BCUT2D eigenvalue weighted by molar-refractivity contribution is 5.95. The topological polar surface area (TPSA) is 58.2 Å². The van der Waals surface area contributed by atoms with Gasteiger partial charge in [-0.2, -0.15) is 0 Å². The Hall–Kier alpha value is -1.84. The molecule has 4 nitrogen and oxygen atoms in total. The molecule has 0 heterocycles. The molecule has 1 rings (SSSR count). The van der Waals surface area contributed by atoms with Crippen LogP contribution < -0.4 is 10.6 Å². The zero-order valence-corrected chi connectivity index (χ0v) is 12.2. The lowest BCUT2D eigenvalue weighted by Crippen LogP contribution is -2.27. The van der Waals surface area contributed by atoms with Gasteiger partial charge < -0.3 is 10.6 Å². The van der Waals surface area contributed by atoms with E-state index in [-0.39, 0.29) is 17.7 Å². The predicted octanol–water partition coefficient (Wildman–Crippen LogP) is 3.27. The zero-order valence-electron chi connectivity index (χ0n) is 12.2. The summed E-state index contributed by atoms with van der Waals surface area (Å²) in [6.07, 6.45) is 0. The summed E-state index contributed by atoms with van der Waals surface area (Å²) in [5.74, 6) is -0.113. The van der Waals surface area contributed by atoms with Crippen LogP contribution in [-0.4, -0.2) is 11.8 Å². The minimum Gasteiger partial charge on any atom is -0.326 e. The number of carbonyl (C=O) groups is 2. The van der Waals surface area contributed by atoms with Gasteiger partial charge in [0.1, 0.15) is 0 Å². The molecule has 0 aliphatic heterocycles. The van der Waals surface area contributed by atoms with Gasteiger partial charge in [0, 0.05) is 22.7 Å². The third-order valence-electron chi connectivity index (χ3n) is 2.62. The molecule has 104 valence electrons. The van der Waals surface area contributed by atoms with E-state index < -0.39 is 5.41 Å². The summed E-state index contributed by atoms with van der Waals surface area (Å²) >= 11 is 0. The first-order valence-corrected chi connectivity index (χ1v) is 6.42. The van der Waals surface area contributed by atoms with Crippen molar-refractivity contribution in [2.75, 3.05) is 10.6 Å². The third-order valence-corrected chi connectivity index (χ3v) is 2.62. The van der Waals surface area contributed by atoms with Crippen molar-refractivity contribution in [3.63, 3.8) is 0 Å². The van der Waals surface area contributed by atoms with Gasteiger partial charge in [-0.05, 0) is 24.3 Å². The highest BCUT2D eigenvalue weighted by Crippen LogP contribution is 2.19. The van der Waals surface area contributed by atoms with Crippen molar-refractivity contribution in [3.05, 3.63) is 24.3 Å². The second-order valence-corrected chi connectivity index (χ2v) is 5.93. The smallest absolute Gasteiger partial charge is 0.229 e. The first-order chi connectivity index (χ1) is 8.70. The lowest BCUT2D eigenvalue weighted by atomic mass is 9.95. The molecule has 4 heteroatoms. The molecule has 1 aromatic rings. The molecule has 0 fully saturated rings. The minimum absolute atomic E-state index is 0.0218. The van der Waals surface area contributed by atoms with E-state index in [1.807, 2.05) is 34.6 Å². The van der Waals surface area contributed by atoms with Crippen molar-refractivity contribution in [3.8, 4) is 0 Å². The fourth-order valence-electron chi connectivity index (χ4n) is 1.24. The van der Waals surface area contributed by atoms with Crippen LogP contribution in [0.4, 0.5) is 11.4 Å². The monoisotopic (exact) mass is 262 g/mol. The Morgan fingerprint density at radius 1 is 0.947 bits per heavy atom. The quantitative estimate of drug-likeness (QED) is 0.878. The van der Waals surface area contributed by atoms with Crippen LogP contribution in [-0.2, 0) is 9.59 Å². The maximum absolute atomic E-state index is 11.8. The lowest BCUT2D eigenvalue weighted by molar-refractivity contribution is -0.123. The minimum atomic E-state index is -0.426. The van der Waals surface area contributed by atoms with Gasteiger partial charge in [-0.15, -0.1) is 0 Å². The Morgan fingerprint density at radius 2 is 1.37 bits per heavy atom. The van der Waals surface area contributed by atoms with Gasteiger partial charge in [0.25, 0.3) is 0 Å².